The minimum atomic E-state index is -3.54. The van der Waals surface area contributed by atoms with Crippen LogP contribution in [0.15, 0.2) is 82.1 Å². The Morgan fingerprint density at radius 1 is 1.17 bits per heavy atom. The van der Waals surface area contributed by atoms with Crippen molar-refractivity contribution in [2.24, 2.45) is 0 Å². The van der Waals surface area contributed by atoms with Crippen LogP contribution in [0.2, 0.25) is 0 Å². The standard InChI is InChI=1S/C23H19N3O4S2.C2H4O2/c27-22-8-5-16(14-25-22)18-3-1-2-4-19(18)26-10-11-30-21-13-17(6-7-20(21)26)32(28,29)15-23-24-9-12-31-23;1-2(3)4/h1-9,12-14H,10-11,15H2,(H,25,27);1H3,(H,3,4). The molecule has 3 heterocycles. The summed E-state index contributed by atoms with van der Waals surface area (Å²) >= 11 is 1.32. The van der Waals surface area contributed by atoms with Crippen molar-refractivity contribution >= 4 is 38.5 Å². The number of carbonyl (C=O) groups is 1. The molecule has 0 bridgehead atoms. The molecule has 0 amide bonds. The fourth-order valence-electron chi connectivity index (χ4n) is 3.75. The van der Waals surface area contributed by atoms with Gasteiger partial charge in [0.15, 0.2) is 9.84 Å². The molecule has 4 aromatic rings. The maximum atomic E-state index is 12.9. The van der Waals surface area contributed by atoms with E-state index in [1.165, 1.54) is 17.4 Å². The highest BCUT2D eigenvalue weighted by Gasteiger charge is 2.25. The average Bonchev–Trinajstić information content (AvgIpc) is 3.36. The number of sulfone groups is 1. The Hall–Kier alpha value is -3.96. The number of hydrogen-bond donors (Lipinski definition) is 2. The number of nitrogens with zero attached hydrogens (tertiary/aromatic N) is 2. The summed E-state index contributed by atoms with van der Waals surface area (Å²) in [5, 5.41) is 9.73. The molecule has 2 aromatic carbocycles. The summed E-state index contributed by atoms with van der Waals surface area (Å²) in [6.45, 7) is 2.11. The monoisotopic (exact) mass is 525 g/mol. The lowest BCUT2D eigenvalue weighted by molar-refractivity contribution is -0.134. The normalized spacial score (nSPS) is 12.6. The quantitative estimate of drug-likeness (QED) is 0.399. The van der Waals surface area contributed by atoms with Gasteiger partial charge in [-0.2, -0.15) is 0 Å². The van der Waals surface area contributed by atoms with E-state index < -0.39 is 15.8 Å². The van der Waals surface area contributed by atoms with Gasteiger partial charge in [0.1, 0.15) is 23.1 Å². The number of thiazole rings is 1. The number of benzene rings is 2. The van der Waals surface area contributed by atoms with Crippen molar-refractivity contribution in [3.05, 3.63) is 87.7 Å². The fourth-order valence-corrected chi connectivity index (χ4v) is 6.01. The number of rotatable bonds is 5. The number of fused-ring (bicyclic) bond motifs is 1. The summed E-state index contributed by atoms with van der Waals surface area (Å²) in [4.78, 5) is 29.6. The van der Waals surface area contributed by atoms with E-state index in [-0.39, 0.29) is 16.2 Å². The molecule has 0 unspecified atom stereocenters. The SMILES string of the molecule is CC(=O)O.O=c1ccc(-c2ccccc2N2CCOc3cc(S(=O)(=O)Cc4nccs4)ccc32)c[nH]1. The van der Waals surface area contributed by atoms with Gasteiger partial charge in [0, 0.05) is 53.6 Å². The van der Waals surface area contributed by atoms with Crippen LogP contribution < -0.4 is 15.2 Å². The van der Waals surface area contributed by atoms with Gasteiger partial charge in [-0.3, -0.25) is 9.59 Å². The van der Waals surface area contributed by atoms with Crippen LogP contribution in [0.4, 0.5) is 11.4 Å². The Balaban J connectivity index is 0.000000709. The van der Waals surface area contributed by atoms with Gasteiger partial charge in [-0.1, -0.05) is 18.2 Å². The molecule has 9 nitrogen and oxygen atoms in total. The molecule has 2 aromatic heterocycles. The number of nitrogens with one attached hydrogen (secondary N) is 1. The Bertz CT molecular complexity index is 1510. The van der Waals surface area contributed by atoms with Gasteiger partial charge in [0.25, 0.3) is 5.97 Å². The van der Waals surface area contributed by atoms with E-state index in [1.54, 1.807) is 42.0 Å². The van der Waals surface area contributed by atoms with E-state index in [0.717, 1.165) is 29.4 Å². The minimum absolute atomic E-state index is 0.137. The van der Waals surface area contributed by atoms with E-state index in [2.05, 4.69) is 14.9 Å². The molecule has 11 heteroatoms. The molecule has 186 valence electrons. The molecule has 0 fully saturated rings. The lowest BCUT2D eigenvalue weighted by Crippen LogP contribution is -2.29. The predicted molar refractivity (Wildman–Crippen MR) is 138 cm³/mol. The van der Waals surface area contributed by atoms with E-state index in [9.17, 15) is 13.2 Å². The van der Waals surface area contributed by atoms with Gasteiger partial charge in [0.05, 0.1) is 17.1 Å². The Labute approximate surface area is 211 Å². The van der Waals surface area contributed by atoms with Crippen LogP contribution >= 0.6 is 11.3 Å². The molecule has 0 spiro atoms. The molecule has 0 atom stereocenters. The summed E-state index contributed by atoms with van der Waals surface area (Å²) in [7, 11) is -3.54. The molecule has 1 aliphatic heterocycles. The lowest BCUT2D eigenvalue weighted by Gasteiger charge is -2.33. The summed E-state index contributed by atoms with van der Waals surface area (Å²) < 4.78 is 31.6. The number of H-pyrrole nitrogens is 1. The molecular weight excluding hydrogens is 502 g/mol. The summed E-state index contributed by atoms with van der Waals surface area (Å²) in [5.41, 5.74) is 3.42. The minimum Gasteiger partial charge on any atom is -0.489 e. The molecule has 0 aliphatic carbocycles. The molecular formula is C25H23N3O6S2. The molecule has 0 saturated heterocycles. The summed E-state index contributed by atoms with van der Waals surface area (Å²) in [5.74, 6) is -0.449. The second kappa shape index (κ2) is 10.8. The number of aromatic amines is 1. The fraction of sp³-hybridized carbons (Fsp3) is 0.160. The second-order valence-electron chi connectivity index (χ2n) is 7.79. The van der Waals surface area contributed by atoms with Gasteiger partial charge in [-0.15, -0.1) is 11.3 Å². The van der Waals surface area contributed by atoms with Crippen LogP contribution in [0.5, 0.6) is 5.75 Å². The third kappa shape index (κ3) is 5.81. The Morgan fingerprint density at radius 3 is 2.64 bits per heavy atom. The number of carboxylic acid groups (broad SMARTS) is 1. The van der Waals surface area contributed by atoms with Gasteiger partial charge >= 0.3 is 0 Å². The first-order chi connectivity index (χ1) is 17.2. The molecule has 1 aliphatic rings. The van der Waals surface area contributed by atoms with Gasteiger partial charge in [-0.05, 0) is 24.3 Å². The zero-order valence-corrected chi connectivity index (χ0v) is 20.9. The maximum absolute atomic E-state index is 12.9. The average molecular weight is 526 g/mol. The van der Waals surface area contributed by atoms with E-state index in [0.29, 0.717) is 23.9 Å². The van der Waals surface area contributed by atoms with Crippen molar-refractivity contribution < 1.29 is 23.1 Å². The molecule has 36 heavy (non-hydrogen) atoms. The van der Waals surface area contributed by atoms with E-state index in [1.807, 2.05) is 24.3 Å². The number of hydrogen-bond acceptors (Lipinski definition) is 8. The van der Waals surface area contributed by atoms with Crippen molar-refractivity contribution in [1.82, 2.24) is 9.97 Å². The van der Waals surface area contributed by atoms with Crippen molar-refractivity contribution in [3.8, 4) is 16.9 Å². The molecule has 2 N–H and O–H groups in total. The number of aromatic nitrogens is 2. The first-order valence-electron chi connectivity index (χ1n) is 10.9. The smallest absolute Gasteiger partial charge is 0.300 e. The van der Waals surface area contributed by atoms with Gasteiger partial charge in [0.2, 0.25) is 5.56 Å². The summed E-state index contributed by atoms with van der Waals surface area (Å²) in [6, 6.07) is 16.2. The van der Waals surface area contributed by atoms with Crippen molar-refractivity contribution in [2.45, 2.75) is 17.6 Å². The first kappa shape index (κ1) is 25.1. The van der Waals surface area contributed by atoms with Crippen LogP contribution in [-0.4, -0.2) is 42.6 Å². The van der Waals surface area contributed by atoms with Crippen LogP contribution in [0.3, 0.4) is 0 Å². The molecule has 5 rings (SSSR count). The highest BCUT2D eigenvalue weighted by molar-refractivity contribution is 7.90. The van der Waals surface area contributed by atoms with Crippen LogP contribution in [0, 0.1) is 0 Å². The number of para-hydroxylation sites is 1. The van der Waals surface area contributed by atoms with Gasteiger partial charge in [-0.25, -0.2) is 13.4 Å². The number of aliphatic carboxylic acids is 1. The highest BCUT2D eigenvalue weighted by Crippen LogP contribution is 2.41. The van der Waals surface area contributed by atoms with Crippen LogP contribution in [-0.2, 0) is 20.4 Å². The summed E-state index contributed by atoms with van der Waals surface area (Å²) in [6.07, 6.45) is 3.29. The molecule has 0 radical (unpaired) electrons. The first-order valence-corrected chi connectivity index (χ1v) is 13.4. The third-order valence-electron chi connectivity index (χ3n) is 5.24. The zero-order valence-electron chi connectivity index (χ0n) is 19.2. The lowest BCUT2D eigenvalue weighted by atomic mass is 10.0. The zero-order chi connectivity index (χ0) is 25.7. The van der Waals surface area contributed by atoms with E-state index in [4.69, 9.17) is 14.6 Å². The van der Waals surface area contributed by atoms with Crippen LogP contribution in [0.25, 0.3) is 11.1 Å². The van der Waals surface area contributed by atoms with Crippen molar-refractivity contribution in [2.75, 3.05) is 18.1 Å². The largest absolute Gasteiger partial charge is 0.489 e. The number of ether oxygens (including phenoxy) is 1. The highest BCUT2D eigenvalue weighted by atomic mass is 32.2. The second-order valence-corrected chi connectivity index (χ2v) is 10.8. The van der Waals surface area contributed by atoms with Crippen molar-refractivity contribution in [1.29, 1.82) is 0 Å². The van der Waals surface area contributed by atoms with E-state index >= 15 is 0 Å². The van der Waals surface area contributed by atoms with Crippen LogP contribution in [0.1, 0.15) is 11.9 Å². The number of pyridine rings is 1. The Kier molecular flexibility index (Phi) is 7.51. The third-order valence-corrected chi connectivity index (χ3v) is 7.83. The van der Waals surface area contributed by atoms with Gasteiger partial charge < -0.3 is 19.7 Å². The molecule has 0 saturated carbocycles. The number of anilines is 2. The topological polar surface area (TPSA) is 130 Å². The number of carboxylic acids is 1. The Morgan fingerprint density at radius 2 is 1.94 bits per heavy atom. The van der Waals surface area contributed by atoms with Crippen molar-refractivity contribution in [3.63, 3.8) is 0 Å². The predicted octanol–water partition coefficient (Wildman–Crippen LogP) is 4.09. The maximum Gasteiger partial charge on any atom is 0.300 e.